The second kappa shape index (κ2) is 12.7. The van der Waals surface area contributed by atoms with Crippen LogP contribution in [0.25, 0.3) is 0 Å². The summed E-state index contributed by atoms with van der Waals surface area (Å²) < 4.78 is 0. The van der Waals surface area contributed by atoms with Crippen molar-refractivity contribution in [3.63, 3.8) is 0 Å². The molecule has 0 fully saturated rings. The third kappa shape index (κ3) is 13.6. The molecule has 0 saturated carbocycles. The summed E-state index contributed by atoms with van der Waals surface area (Å²) in [4.78, 5) is 5.97. The van der Waals surface area contributed by atoms with Crippen molar-refractivity contribution in [2.75, 3.05) is 55.4 Å². The molecule has 0 saturated heterocycles. The Morgan fingerprint density at radius 2 is 1.24 bits per heavy atom. The van der Waals surface area contributed by atoms with Crippen LogP contribution in [0.3, 0.4) is 0 Å². The van der Waals surface area contributed by atoms with Crippen LogP contribution < -0.4 is 5.09 Å². The van der Waals surface area contributed by atoms with Crippen molar-refractivity contribution in [3.05, 3.63) is 0 Å². The minimum absolute atomic E-state index is 0.132. The van der Waals surface area contributed by atoms with Gasteiger partial charge in [0.05, 0.1) is 12.2 Å². The lowest BCUT2D eigenvalue weighted by Gasteiger charge is -2.27. The van der Waals surface area contributed by atoms with Gasteiger partial charge in [0.25, 0.3) is 0 Å². The van der Waals surface area contributed by atoms with Gasteiger partial charge in [-0.3, -0.25) is 5.09 Å². The fraction of sp³-hybridized carbons (Fsp3) is 1.00. The van der Waals surface area contributed by atoms with Gasteiger partial charge in [-0.25, -0.2) is 0 Å². The van der Waals surface area contributed by atoms with Crippen molar-refractivity contribution in [3.8, 4) is 0 Å². The normalized spacial score (nSPS) is 17.4. The fourth-order valence-electron chi connectivity index (χ4n) is 1.51. The van der Waals surface area contributed by atoms with E-state index in [0.717, 1.165) is 6.54 Å². The highest BCUT2D eigenvalue weighted by Gasteiger charge is 2.16. The van der Waals surface area contributed by atoms with Crippen LogP contribution in [0, 0.1) is 0 Å². The Balaban J connectivity index is 0. The van der Waals surface area contributed by atoms with Crippen LogP contribution in [-0.4, -0.2) is 105 Å². The van der Waals surface area contributed by atoms with Crippen molar-refractivity contribution in [2.24, 2.45) is 0 Å². The Bertz CT molecular complexity index is 243. The molecule has 5 atom stereocenters. The third-order valence-electron chi connectivity index (χ3n) is 3.32. The van der Waals surface area contributed by atoms with Crippen LogP contribution in [0.4, 0.5) is 0 Å². The minimum Gasteiger partial charge on any atom is -0.390 e. The smallest absolute Gasteiger partial charge is 0.0819 e. The molecule has 0 aliphatic heterocycles. The van der Waals surface area contributed by atoms with Crippen LogP contribution in [0.15, 0.2) is 0 Å². The summed E-state index contributed by atoms with van der Waals surface area (Å²) >= 11 is 0. The molecule has 0 rings (SSSR count). The Morgan fingerprint density at radius 1 is 0.857 bits per heavy atom. The molecular weight excluding hydrogens is 287 g/mol. The minimum atomic E-state index is -0.299. The lowest BCUT2D eigenvalue weighted by atomic mass is 10.1. The number of hydrogen-bond acceptors (Lipinski definition) is 6. The summed E-state index contributed by atoms with van der Waals surface area (Å²) in [5, 5.41) is 21.9. The molecule has 7 heteroatoms. The zero-order valence-electron chi connectivity index (χ0n) is 15.0. The quantitative estimate of drug-likeness (QED) is 0.525. The highest BCUT2D eigenvalue weighted by molar-refractivity contribution is 7.13. The molecule has 5 unspecified atom stereocenters. The van der Waals surface area contributed by atoms with E-state index in [1.807, 2.05) is 70.8 Å². The number of aliphatic hydroxyl groups excluding tert-OH is 2. The Labute approximate surface area is 133 Å². The predicted octanol–water partition coefficient (Wildman–Crippen LogP) is -0.464. The van der Waals surface area contributed by atoms with E-state index >= 15 is 0 Å². The number of aliphatic hydroxyl groups is 2. The Kier molecular flexibility index (Phi) is 14.2. The van der Waals surface area contributed by atoms with Gasteiger partial charge in [0, 0.05) is 25.2 Å². The SMILES string of the molecule is CC(C(O)CN(C)C)N(C)C.CC(NP)C(O)CN(C)C. The molecule has 0 heterocycles. The molecular formula is C14H37N4O2P. The average Bonchev–Trinajstić information content (AvgIpc) is 2.35. The zero-order chi connectivity index (χ0) is 17.2. The zero-order valence-corrected chi connectivity index (χ0v) is 16.2. The molecule has 0 bridgehead atoms. The van der Waals surface area contributed by atoms with E-state index in [1.54, 1.807) is 0 Å². The van der Waals surface area contributed by atoms with Gasteiger partial charge < -0.3 is 24.9 Å². The van der Waals surface area contributed by atoms with Crippen molar-refractivity contribution >= 4 is 9.39 Å². The predicted molar refractivity (Wildman–Crippen MR) is 94.6 cm³/mol. The fourth-order valence-corrected chi connectivity index (χ4v) is 1.74. The maximum absolute atomic E-state index is 9.58. The lowest BCUT2D eigenvalue weighted by Crippen LogP contribution is -2.42. The average molecular weight is 324 g/mol. The number of nitrogens with zero attached hydrogens (tertiary/aromatic N) is 3. The van der Waals surface area contributed by atoms with E-state index in [2.05, 4.69) is 14.5 Å². The number of rotatable bonds is 8. The number of nitrogens with one attached hydrogen (secondary N) is 1. The van der Waals surface area contributed by atoms with Crippen molar-refractivity contribution in [2.45, 2.75) is 38.1 Å². The summed E-state index contributed by atoms with van der Waals surface area (Å²) in [6.45, 7) is 5.39. The van der Waals surface area contributed by atoms with Gasteiger partial charge >= 0.3 is 0 Å². The number of hydrogen-bond donors (Lipinski definition) is 3. The second-order valence-corrected chi connectivity index (χ2v) is 6.65. The van der Waals surface area contributed by atoms with E-state index in [9.17, 15) is 10.2 Å². The molecule has 0 spiro atoms. The van der Waals surface area contributed by atoms with Gasteiger partial charge in [-0.05, 0) is 56.1 Å². The lowest BCUT2D eigenvalue weighted by molar-refractivity contribution is 0.0635. The van der Waals surface area contributed by atoms with Gasteiger partial charge in [-0.15, -0.1) is 0 Å². The molecule has 3 N–H and O–H groups in total. The van der Waals surface area contributed by atoms with Crippen LogP contribution in [-0.2, 0) is 0 Å². The summed E-state index contributed by atoms with van der Waals surface area (Å²) in [7, 11) is 14.2. The molecule has 0 aromatic rings. The number of likely N-dealkylation sites (N-methyl/N-ethyl adjacent to an activating group) is 3. The Hall–Kier alpha value is 0.190. The third-order valence-corrected chi connectivity index (χ3v) is 3.84. The van der Waals surface area contributed by atoms with Crippen LogP contribution in [0.1, 0.15) is 13.8 Å². The standard InChI is InChI=1S/C8H20N2O.C6H17N2OP/c1-7(10(4)5)8(11)6-9(2)3;1-5(7-10)6(9)4-8(2)3/h7-8,11H,6H2,1-5H3;5-7,9H,4,10H2,1-3H3. The molecule has 0 radical (unpaired) electrons. The molecule has 21 heavy (non-hydrogen) atoms. The van der Waals surface area contributed by atoms with E-state index in [4.69, 9.17) is 0 Å². The topological polar surface area (TPSA) is 62.2 Å². The molecule has 6 nitrogen and oxygen atoms in total. The molecule has 0 aromatic heterocycles. The van der Waals surface area contributed by atoms with Gasteiger partial charge in [-0.1, -0.05) is 9.39 Å². The van der Waals surface area contributed by atoms with E-state index in [1.165, 1.54) is 0 Å². The van der Waals surface area contributed by atoms with Gasteiger partial charge in [0.2, 0.25) is 0 Å². The first-order chi connectivity index (χ1) is 9.52. The maximum Gasteiger partial charge on any atom is 0.0819 e. The first kappa shape index (κ1) is 23.5. The van der Waals surface area contributed by atoms with Crippen molar-refractivity contribution in [1.29, 1.82) is 0 Å². The van der Waals surface area contributed by atoms with E-state index in [0.29, 0.717) is 6.54 Å². The van der Waals surface area contributed by atoms with Crippen molar-refractivity contribution in [1.82, 2.24) is 19.8 Å². The summed E-state index contributed by atoms with van der Waals surface area (Å²) in [5.41, 5.74) is 0. The van der Waals surface area contributed by atoms with Gasteiger partial charge in [0.15, 0.2) is 0 Å². The van der Waals surface area contributed by atoms with Crippen LogP contribution >= 0.6 is 9.39 Å². The van der Waals surface area contributed by atoms with Gasteiger partial charge in [0.1, 0.15) is 0 Å². The maximum atomic E-state index is 9.58. The van der Waals surface area contributed by atoms with Crippen molar-refractivity contribution < 1.29 is 10.2 Å². The largest absolute Gasteiger partial charge is 0.390 e. The Morgan fingerprint density at radius 3 is 1.52 bits per heavy atom. The van der Waals surface area contributed by atoms with Gasteiger partial charge in [-0.2, -0.15) is 0 Å². The summed E-state index contributed by atoms with van der Waals surface area (Å²) in [6.07, 6.45) is -0.563. The molecule has 0 amide bonds. The highest BCUT2D eigenvalue weighted by Crippen LogP contribution is 1.99. The summed E-state index contributed by atoms with van der Waals surface area (Å²) in [5.74, 6) is 0. The van der Waals surface area contributed by atoms with Crippen LogP contribution in [0.5, 0.6) is 0 Å². The monoisotopic (exact) mass is 324 g/mol. The molecule has 0 aliphatic rings. The highest BCUT2D eigenvalue weighted by atomic mass is 31.0. The molecule has 130 valence electrons. The summed E-state index contributed by atoms with van der Waals surface area (Å²) in [6, 6.07) is 0.352. The van der Waals surface area contributed by atoms with Crippen LogP contribution in [0.2, 0.25) is 0 Å². The van der Waals surface area contributed by atoms with E-state index in [-0.39, 0.29) is 24.3 Å². The van der Waals surface area contributed by atoms with E-state index < -0.39 is 0 Å². The first-order valence-electron chi connectivity index (χ1n) is 7.31. The molecule has 0 aliphatic carbocycles. The first-order valence-corrected chi connectivity index (χ1v) is 7.88. The molecule has 0 aromatic carbocycles. The second-order valence-electron chi connectivity index (χ2n) is 6.32.